The highest BCUT2D eigenvalue weighted by molar-refractivity contribution is 6.16. The van der Waals surface area contributed by atoms with Crippen LogP contribution in [0.3, 0.4) is 0 Å². The van der Waals surface area contributed by atoms with Gasteiger partial charge >= 0.3 is 0 Å². The van der Waals surface area contributed by atoms with Crippen LogP contribution in [0.1, 0.15) is 49.9 Å². The van der Waals surface area contributed by atoms with Gasteiger partial charge in [-0.05, 0) is 63.4 Å². The standard InChI is InChI=1S/C31H44BFN4O10/c1-19-8-7-9-24(21(19)14-37(18-39)29(43,25(40)34-6)31(45,46)28(41,42)17-38)35-30(32,44)22-11-10-20(12-23(22)33)13-36-15-26(2,3)47-27(4,5)16-36/h7-12,17-18,35,41-46H,13-16,32H2,1-6H3,(H,34,40). The lowest BCUT2D eigenvalue weighted by molar-refractivity contribution is -0.399. The number of hydrogen-bond acceptors (Lipinski definition) is 12. The first-order valence-electron chi connectivity index (χ1n) is 14.8. The van der Waals surface area contributed by atoms with Gasteiger partial charge in [0.05, 0.1) is 17.7 Å². The molecule has 0 aromatic heterocycles. The fourth-order valence-corrected chi connectivity index (χ4v) is 6.13. The van der Waals surface area contributed by atoms with E-state index in [2.05, 4.69) is 10.2 Å². The number of nitrogens with zero attached hydrogens (tertiary/aromatic N) is 2. The Kier molecular flexibility index (Phi) is 10.7. The summed E-state index contributed by atoms with van der Waals surface area (Å²) < 4.78 is 21.7. The van der Waals surface area contributed by atoms with Crippen LogP contribution in [-0.4, -0.2) is 116 Å². The molecule has 2 unspecified atom stereocenters. The van der Waals surface area contributed by atoms with E-state index in [1.807, 2.05) is 33.0 Å². The first kappa shape index (κ1) is 38.0. The maximum Gasteiger partial charge on any atom is 0.285 e. The molecule has 8 N–H and O–H groups in total. The number of nitrogens with one attached hydrogen (secondary N) is 2. The molecule has 0 radical (unpaired) electrons. The summed E-state index contributed by atoms with van der Waals surface area (Å²) in [6.45, 7) is 10.4. The Bertz CT molecular complexity index is 1490. The van der Waals surface area contributed by atoms with Gasteiger partial charge in [-0.25, -0.2) is 4.39 Å². The Morgan fingerprint density at radius 1 is 1.06 bits per heavy atom. The molecule has 2 aromatic carbocycles. The molecule has 2 aromatic rings. The van der Waals surface area contributed by atoms with Crippen molar-refractivity contribution in [2.45, 2.75) is 81.8 Å². The van der Waals surface area contributed by atoms with Gasteiger partial charge in [0.15, 0.2) is 14.1 Å². The summed E-state index contributed by atoms with van der Waals surface area (Å²) in [6, 6.07) is 8.98. The monoisotopic (exact) mass is 662 g/mol. The number of rotatable bonds is 13. The van der Waals surface area contributed by atoms with E-state index in [9.17, 15) is 45.0 Å². The van der Waals surface area contributed by atoms with Crippen LogP contribution in [0.4, 0.5) is 10.1 Å². The fraction of sp³-hybridized carbons (Fsp3) is 0.516. The quantitative estimate of drug-likeness (QED) is 0.0687. The molecule has 3 rings (SSSR count). The Morgan fingerprint density at radius 2 is 1.66 bits per heavy atom. The second-order valence-corrected chi connectivity index (χ2v) is 13.4. The van der Waals surface area contributed by atoms with Crippen LogP contribution in [0.5, 0.6) is 0 Å². The molecule has 16 heteroatoms. The van der Waals surface area contributed by atoms with Crippen molar-refractivity contribution in [3.63, 3.8) is 0 Å². The molecule has 1 aliphatic rings. The highest BCUT2D eigenvalue weighted by atomic mass is 19.1. The Balaban J connectivity index is 1.96. The number of aldehydes is 1. The highest BCUT2D eigenvalue weighted by Gasteiger charge is 2.68. The second kappa shape index (κ2) is 13.2. The zero-order valence-electron chi connectivity index (χ0n) is 27.5. The largest absolute Gasteiger partial charge is 0.375 e. The summed E-state index contributed by atoms with van der Waals surface area (Å²) in [6.07, 6.45) is -0.926. The number of ether oxygens (including phenoxy) is 1. The van der Waals surface area contributed by atoms with Crippen molar-refractivity contribution < 1.29 is 54.2 Å². The van der Waals surface area contributed by atoms with Gasteiger partial charge in [0.25, 0.3) is 23.2 Å². The van der Waals surface area contributed by atoms with Gasteiger partial charge in [-0.1, -0.05) is 24.3 Å². The summed E-state index contributed by atoms with van der Waals surface area (Å²) in [5.41, 5.74) is -5.65. The lowest BCUT2D eigenvalue weighted by Gasteiger charge is -2.47. The average molecular weight is 663 g/mol. The maximum atomic E-state index is 15.6. The third-order valence-electron chi connectivity index (χ3n) is 8.09. The predicted octanol–water partition coefficient (Wildman–Crippen LogP) is -1.67. The molecule has 258 valence electrons. The molecule has 0 saturated carbocycles. The van der Waals surface area contributed by atoms with Gasteiger partial charge in [-0.2, -0.15) is 0 Å². The third kappa shape index (κ3) is 7.65. The van der Waals surface area contributed by atoms with Crippen LogP contribution >= 0.6 is 0 Å². The third-order valence-corrected chi connectivity index (χ3v) is 8.09. The predicted molar refractivity (Wildman–Crippen MR) is 169 cm³/mol. The number of carbonyl (C=O) groups is 3. The molecular weight excluding hydrogens is 618 g/mol. The molecule has 1 saturated heterocycles. The van der Waals surface area contributed by atoms with E-state index in [1.54, 1.807) is 25.1 Å². The van der Waals surface area contributed by atoms with E-state index in [0.29, 0.717) is 30.8 Å². The number of hydrogen-bond donors (Lipinski definition) is 8. The lowest BCUT2D eigenvalue weighted by Crippen LogP contribution is -2.78. The van der Waals surface area contributed by atoms with Crippen LogP contribution in [0.25, 0.3) is 0 Å². The second-order valence-electron chi connectivity index (χ2n) is 13.4. The molecule has 0 spiro atoms. The van der Waals surface area contributed by atoms with E-state index in [1.165, 1.54) is 26.0 Å². The summed E-state index contributed by atoms with van der Waals surface area (Å²) in [5.74, 6) is -10.9. The van der Waals surface area contributed by atoms with Gasteiger partial charge in [0, 0.05) is 37.9 Å². The van der Waals surface area contributed by atoms with Crippen LogP contribution in [0.15, 0.2) is 36.4 Å². The molecule has 14 nitrogen and oxygen atoms in total. The van der Waals surface area contributed by atoms with Crippen LogP contribution in [0, 0.1) is 12.7 Å². The Labute approximate surface area is 273 Å². The van der Waals surface area contributed by atoms with E-state index in [-0.39, 0.29) is 28.1 Å². The summed E-state index contributed by atoms with van der Waals surface area (Å²) in [4.78, 5) is 38.5. The molecule has 0 aliphatic carbocycles. The van der Waals surface area contributed by atoms with Gasteiger partial charge in [0.1, 0.15) is 11.4 Å². The van der Waals surface area contributed by atoms with Crippen molar-refractivity contribution in [2.75, 3.05) is 25.5 Å². The Morgan fingerprint density at radius 3 is 2.17 bits per heavy atom. The number of carbonyl (C=O) groups excluding carboxylic acids is 3. The first-order chi connectivity index (χ1) is 21.5. The average Bonchev–Trinajstić information content (AvgIpc) is 2.93. The summed E-state index contributed by atoms with van der Waals surface area (Å²) in [5, 5.41) is 68.3. The van der Waals surface area contributed by atoms with Crippen molar-refractivity contribution in [1.82, 2.24) is 15.1 Å². The zero-order chi connectivity index (χ0) is 35.8. The van der Waals surface area contributed by atoms with Gasteiger partial charge < -0.3 is 46.0 Å². The van der Waals surface area contributed by atoms with Crippen molar-refractivity contribution in [3.8, 4) is 0 Å². The molecular formula is C31H44BFN4O10. The fourth-order valence-electron chi connectivity index (χ4n) is 6.13. The van der Waals surface area contributed by atoms with E-state index in [0.717, 1.165) is 7.05 Å². The normalized spacial score (nSPS) is 19.2. The molecule has 0 bridgehead atoms. The van der Waals surface area contributed by atoms with Crippen molar-refractivity contribution >= 4 is 32.1 Å². The van der Waals surface area contributed by atoms with Gasteiger partial charge in [-0.15, -0.1) is 0 Å². The summed E-state index contributed by atoms with van der Waals surface area (Å²) in [7, 11) is 2.23. The van der Waals surface area contributed by atoms with E-state index < -0.39 is 58.7 Å². The zero-order valence-corrected chi connectivity index (χ0v) is 27.5. The van der Waals surface area contributed by atoms with E-state index >= 15 is 4.39 Å². The SMILES string of the molecule is BC(O)(Nc1cccc(C)c1CN(C=O)C(O)(C(=O)NC)C(O)(O)C(O)(O)C=O)c1ccc(CN2CC(C)(C)OC(C)(C)C2)cc1F. The highest BCUT2D eigenvalue weighted by Crippen LogP contribution is 2.36. The molecule has 47 heavy (non-hydrogen) atoms. The number of aliphatic hydroxyl groups is 6. The molecule has 1 aliphatic heterocycles. The van der Waals surface area contributed by atoms with E-state index in [4.69, 9.17) is 4.74 Å². The first-order valence-corrected chi connectivity index (χ1v) is 14.8. The molecule has 2 amide bonds. The minimum atomic E-state index is -4.35. The van der Waals surface area contributed by atoms with Crippen molar-refractivity contribution in [2.24, 2.45) is 0 Å². The van der Waals surface area contributed by atoms with Crippen LogP contribution in [0.2, 0.25) is 0 Å². The minimum absolute atomic E-state index is 0.0680. The minimum Gasteiger partial charge on any atom is -0.375 e. The Hall–Kier alpha value is -3.48. The number of likely N-dealkylation sites (N-methyl/N-ethyl adjacent to an activating group) is 1. The number of benzene rings is 2. The van der Waals surface area contributed by atoms with Gasteiger partial charge in [0.2, 0.25) is 6.41 Å². The number of halogens is 1. The number of morpholine rings is 1. The topological polar surface area (TPSA) is 212 Å². The lowest BCUT2D eigenvalue weighted by atomic mass is 9.82. The number of amides is 2. The number of aryl methyl sites for hydroxylation is 1. The van der Waals surface area contributed by atoms with Crippen LogP contribution in [-0.2, 0) is 37.8 Å². The molecule has 2 atom stereocenters. The van der Waals surface area contributed by atoms with Crippen LogP contribution < -0.4 is 10.6 Å². The number of anilines is 1. The van der Waals surface area contributed by atoms with Crippen molar-refractivity contribution in [1.29, 1.82) is 0 Å². The smallest absolute Gasteiger partial charge is 0.285 e. The molecule has 1 fully saturated rings. The summed E-state index contributed by atoms with van der Waals surface area (Å²) >= 11 is 0. The molecule has 1 heterocycles. The van der Waals surface area contributed by atoms with Gasteiger partial charge in [-0.3, -0.25) is 24.2 Å². The maximum absolute atomic E-state index is 15.6. The van der Waals surface area contributed by atoms with Crippen molar-refractivity contribution in [3.05, 3.63) is 64.5 Å².